The number of rotatable bonds is 1. The number of hydrogen-bond donors (Lipinski definition) is 1. The highest BCUT2D eigenvalue weighted by Crippen LogP contribution is 2.25. The molecule has 0 bridgehead atoms. The first kappa shape index (κ1) is 10.8. The average molecular weight is 237 g/mol. The van der Waals surface area contributed by atoms with Crippen LogP contribution in [0.4, 0.5) is 5.69 Å². The van der Waals surface area contributed by atoms with Crippen LogP contribution in [0.3, 0.4) is 0 Å². The molecule has 1 heterocycles. The molecule has 0 aliphatic rings. The van der Waals surface area contributed by atoms with Crippen LogP contribution in [-0.4, -0.2) is 9.55 Å². The van der Waals surface area contributed by atoms with E-state index in [2.05, 4.69) is 40.7 Å². The molecule has 90 valence electrons. The summed E-state index contributed by atoms with van der Waals surface area (Å²) in [5, 5.41) is 0. The number of anilines is 1. The zero-order chi connectivity index (χ0) is 12.7. The number of aryl methyl sites for hydroxylation is 2. The lowest BCUT2D eigenvalue weighted by Crippen LogP contribution is -1.92. The highest BCUT2D eigenvalue weighted by Gasteiger charge is 2.09. The van der Waals surface area contributed by atoms with Gasteiger partial charge in [-0.05, 0) is 25.1 Å². The Morgan fingerprint density at radius 3 is 2.50 bits per heavy atom. The maximum atomic E-state index is 5.79. The molecule has 3 nitrogen and oxygen atoms in total. The van der Waals surface area contributed by atoms with Gasteiger partial charge in [-0.2, -0.15) is 0 Å². The molecule has 0 saturated carbocycles. The highest BCUT2D eigenvalue weighted by atomic mass is 15.1. The molecule has 18 heavy (non-hydrogen) atoms. The summed E-state index contributed by atoms with van der Waals surface area (Å²) in [6, 6.07) is 14.2. The third-order valence-electron chi connectivity index (χ3n) is 3.21. The maximum absolute atomic E-state index is 5.79. The SMILES string of the molecule is Cc1ccc(-c2nc3cc(N)ccc3n2C)cc1. The quantitative estimate of drug-likeness (QED) is 0.661. The summed E-state index contributed by atoms with van der Waals surface area (Å²) >= 11 is 0. The fourth-order valence-corrected chi connectivity index (χ4v) is 2.18. The Hall–Kier alpha value is -2.29. The fourth-order valence-electron chi connectivity index (χ4n) is 2.18. The Labute approximate surface area is 106 Å². The number of benzene rings is 2. The molecule has 2 aromatic carbocycles. The van der Waals surface area contributed by atoms with E-state index in [1.165, 1.54) is 5.56 Å². The number of nitrogen functional groups attached to an aromatic ring is 1. The lowest BCUT2D eigenvalue weighted by Gasteiger charge is -2.02. The molecule has 0 aliphatic carbocycles. The van der Waals surface area contributed by atoms with E-state index < -0.39 is 0 Å². The summed E-state index contributed by atoms with van der Waals surface area (Å²) in [7, 11) is 2.03. The topological polar surface area (TPSA) is 43.8 Å². The van der Waals surface area contributed by atoms with E-state index in [4.69, 9.17) is 5.73 Å². The molecule has 0 fully saturated rings. The van der Waals surface area contributed by atoms with Crippen LogP contribution in [-0.2, 0) is 7.05 Å². The third kappa shape index (κ3) is 1.64. The summed E-state index contributed by atoms with van der Waals surface area (Å²) in [5.41, 5.74) is 10.9. The van der Waals surface area contributed by atoms with E-state index in [1.54, 1.807) is 0 Å². The van der Waals surface area contributed by atoms with Gasteiger partial charge < -0.3 is 10.3 Å². The van der Waals surface area contributed by atoms with Crippen molar-refractivity contribution in [2.75, 3.05) is 5.73 Å². The molecular weight excluding hydrogens is 222 g/mol. The first-order chi connectivity index (χ1) is 8.65. The van der Waals surface area contributed by atoms with Crippen LogP contribution in [0.25, 0.3) is 22.4 Å². The lowest BCUT2D eigenvalue weighted by atomic mass is 10.1. The second-order valence-electron chi connectivity index (χ2n) is 4.61. The van der Waals surface area contributed by atoms with Gasteiger partial charge in [-0.15, -0.1) is 0 Å². The van der Waals surface area contributed by atoms with Gasteiger partial charge in [0, 0.05) is 18.3 Å². The van der Waals surface area contributed by atoms with Gasteiger partial charge in [-0.1, -0.05) is 29.8 Å². The van der Waals surface area contributed by atoms with Crippen LogP contribution in [0.1, 0.15) is 5.56 Å². The Morgan fingerprint density at radius 1 is 1.06 bits per heavy atom. The standard InChI is InChI=1S/C15H15N3/c1-10-3-5-11(6-4-10)15-17-13-9-12(16)7-8-14(13)18(15)2/h3-9H,16H2,1-2H3. The Balaban J connectivity index is 2.23. The van der Waals surface area contributed by atoms with E-state index >= 15 is 0 Å². The largest absolute Gasteiger partial charge is 0.399 e. The van der Waals surface area contributed by atoms with Crippen molar-refractivity contribution in [2.45, 2.75) is 6.92 Å². The second-order valence-corrected chi connectivity index (χ2v) is 4.61. The van der Waals surface area contributed by atoms with E-state index in [0.717, 1.165) is 28.1 Å². The molecule has 3 heteroatoms. The number of nitrogens with two attached hydrogens (primary N) is 1. The Morgan fingerprint density at radius 2 is 1.78 bits per heavy atom. The minimum atomic E-state index is 0.746. The van der Waals surface area contributed by atoms with Gasteiger partial charge in [-0.3, -0.25) is 0 Å². The first-order valence-electron chi connectivity index (χ1n) is 5.94. The molecule has 0 radical (unpaired) electrons. The second kappa shape index (κ2) is 3.88. The van der Waals surface area contributed by atoms with Gasteiger partial charge in [0.15, 0.2) is 0 Å². The van der Waals surface area contributed by atoms with Crippen molar-refractivity contribution in [3.8, 4) is 11.4 Å². The van der Waals surface area contributed by atoms with Crippen molar-refractivity contribution < 1.29 is 0 Å². The lowest BCUT2D eigenvalue weighted by molar-refractivity contribution is 0.959. The molecule has 0 atom stereocenters. The minimum absolute atomic E-state index is 0.746. The Kier molecular flexibility index (Phi) is 2.33. The summed E-state index contributed by atoms with van der Waals surface area (Å²) in [6.45, 7) is 2.08. The van der Waals surface area contributed by atoms with Crippen LogP contribution in [0.5, 0.6) is 0 Å². The van der Waals surface area contributed by atoms with E-state index in [0.29, 0.717) is 0 Å². The van der Waals surface area contributed by atoms with Gasteiger partial charge in [0.2, 0.25) is 0 Å². The number of fused-ring (bicyclic) bond motifs is 1. The first-order valence-corrected chi connectivity index (χ1v) is 5.94. The van der Waals surface area contributed by atoms with Gasteiger partial charge in [-0.25, -0.2) is 4.98 Å². The van der Waals surface area contributed by atoms with E-state index in [9.17, 15) is 0 Å². The maximum Gasteiger partial charge on any atom is 0.140 e. The van der Waals surface area contributed by atoms with Gasteiger partial charge >= 0.3 is 0 Å². The average Bonchev–Trinajstić information content (AvgIpc) is 2.67. The van der Waals surface area contributed by atoms with Gasteiger partial charge in [0.05, 0.1) is 11.0 Å². The Bertz CT molecular complexity index is 708. The van der Waals surface area contributed by atoms with Crippen molar-refractivity contribution in [3.63, 3.8) is 0 Å². The molecule has 3 rings (SSSR count). The van der Waals surface area contributed by atoms with Crippen molar-refractivity contribution in [3.05, 3.63) is 48.0 Å². The molecule has 0 spiro atoms. The fraction of sp³-hybridized carbons (Fsp3) is 0.133. The summed E-state index contributed by atoms with van der Waals surface area (Å²) in [5.74, 6) is 0.968. The molecule has 0 unspecified atom stereocenters. The third-order valence-corrected chi connectivity index (χ3v) is 3.21. The molecule has 2 N–H and O–H groups in total. The van der Waals surface area contributed by atoms with E-state index in [1.807, 2.05) is 25.2 Å². The zero-order valence-corrected chi connectivity index (χ0v) is 10.5. The van der Waals surface area contributed by atoms with Crippen LogP contribution in [0, 0.1) is 6.92 Å². The smallest absolute Gasteiger partial charge is 0.140 e. The molecule has 0 saturated heterocycles. The van der Waals surface area contributed by atoms with Crippen LogP contribution in [0.15, 0.2) is 42.5 Å². The van der Waals surface area contributed by atoms with Crippen molar-refractivity contribution in [1.29, 1.82) is 0 Å². The minimum Gasteiger partial charge on any atom is -0.399 e. The summed E-state index contributed by atoms with van der Waals surface area (Å²) in [4.78, 5) is 4.66. The summed E-state index contributed by atoms with van der Waals surface area (Å²) < 4.78 is 2.10. The van der Waals surface area contributed by atoms with Crippen LogP contribution < -0.4 is 5.73 Å². The van der Waals surface area contributed by atoms with Crippen molar-refractivity contribution in [2.24, 2.45) is 7.05 Å². The van der Waals surface area contributed by atoms with Crippen LogP contribution in [0.2, 0.25) is 0 Å². The number of aromatic nitrogens is 2. The van der Waals surface area contributed by atoms with E-state index in [-0.39, 0.29) is 0 Å². The predicted molar refractivity (Wildman–Crippen MR) is 75.3 cm³/mol. The molecule has 0 amide bonds. The predicted octanol–water partition coefficient (Wildman–Crippen LogP) is 3.13. The van der Waals surface area contributed by atoms with Crippen molar-refractivity contribution in [1.82, 2.24) is 9.55 Å². The van der Waals surface area contributed by atoms with Gasteiger partial charge in [0.25, 0.3) is 0 Å². The monoisotopic (exact) mass is 237 g/mol. The normalized spacial score (nSPS) is 11.0. The highest BCUT2D eigenvalue weighted by molar-refractivity contribution is 5.83. The molecule has 0 aliphatic heterocycles. The summed E-state index contributed by atoms with van der Waals surface area (Å²) in [6.07, 6.45) is 0. The molecule has 3 aromatic rings. The molecule has 1 aromatic heterocycles. The molecular formula is C15H15N3. The number of nitrogens with zero attached hydrogens (tertiary/aromatic N) is 2. The van der Waals surface area contributed by atoms with Crippen molar-refractivity contribution >= 4 is 16.7 Å². The van der Waals surface area contributed by atoms with Crippen LogP contribution >= 0.6 is 0 Å². The zero-order valence-electron chi connectivity index (χ0n) is 10.5. The number of hydrogen-bond acceptors (Lipinski definition) is 2. The number of imidazole rings is 1. The van der Waals surface area contributed by atoms with Gasteiger partial charge in [0.1, 0.15) is 5.82 Å².